The number of nitrogens with one attached hydrogen (secondary N) is 3. The van der Waals surface area contributed by atoms with Gasteiger partial charge in [-0.05, 0) is 24.1 Å². The van der Waals surface area contributed by atoms with Gasteiger partial charge in [0.05, 0.1) is 12.1 Å². The molecule has 0 aliphatic carbocycles. The molecule has 1 fully saturated rings. The van der Waals surface area contributed by atoms with Gasteiger partial charge in [-0.15, -0.1) is 11.3 Å². The van der Waals surface area contributed by atoms with Crippen molar-refractivity contribution < 1.29 is 18.8 Å². The Morgan fingerprint density at radius 1 is 1.31 bits per heavy atom. The second kappa shape index (κ2) is 8.05. The van der Waals surface area contributed by atoms with Crippen LogP contribution in [-0.4, -0.2) is 28.7 Å². The molecule has 136 valence electrons. The summed E-state index contributed by atoms with van der Waals surface area (Å²) in [7, 11) is 0. The molecule has 1 aliphatic heterocycles. The average molecular weight is 376 g/mol. The zero-order valence-corrected chi connectivity index (χ0v) is 14.6. The van der Waals surface area contributed by atoms with E-state index in [4.69, 9.17) is 0 Å². The summed E-state index contributed by atoms with van der Waals surface area (Å²) >= 11 is 1.22. The van der Waals surface area contributed by atoms with Crippen LogP contribution in [0.1, 0.15) is 24.1 Å². The Morgan fingerprint density at radius 3 is 2.77 bits per heavy atom. The molecule has 7 nitrogen and oxygen atoms in total. The van der Waals surface area contributed by atoms with Crippen molar-refractivity contribution in [2.75, 3.05) is 5.32 Å². The topological polar surface area (TPSA) is 100 Å². The van der Waals surface area contributed by atoms with E-state index in [-0.39, 0.29) is 30.0 Å². The van der Waals surface area contributed by atoms with Crippen molar-refractivity contribution in [3.05, 3.63) is 46.7 Å². The van der Waals surface area contributed by atoms with E-state index in [1.165, 1.54) is 23.5 Å². The first-order valence-electron chi connectivity index (χ1n) is 8.05. The number of amides is 3. The summed E-state index contributed by atoms with van der Waals surface area (Å²) in [4.78, 5) is 39.3. The monoisotopic (exact) mass is 376 g/mol. The molecule has 26 heavy (non-hydrogen) atoms. The van der Waals surface area contributed by atoms with Crippen molar-refractivity contribution in [1.29, 1.82) is 0 Å². The zero-order valence-electron chi connectivity index (χ0n) is 13.8. The van der Waals surface area contributed by atoms with E-state index in [1.54, 1.807) is 17.5 Å². The van der Waals surface area contributed by atoms with Gasteiger partial charge in [-0.3, -0.25) is 14.4 Å². The Kier molecular flexibility index (Phi) is 5.57. The molecular formula is C17H17FN4O3S. The Hall–Kier alpha value is -2.81. The van der Waals surface area contributed by atoms with Crippen LogP contribution in [0.2, 0.25) is 0 Å². The minimum atomic E-state index is -0.533. The maximum Gasteiger partial charge on any atom is 0.248 e. The minimum Gasteiger partial charge on any atom is -0.352 e. The number of hydrogen-bond acceptors (Lipinski definition) is 5. The fourth-order valence-electron chi connectivity index (χ4n) is 2.48. The predicted octanol–water partition coefficient (Wildman–Crippen LogP) is 1.36. The van der Waals surface area contributed by atoms with Gasteiger partial charge in [0.2, 0.25) is 17.7 Å². The fourth-order valence-corrected chi connectivity index (χ4v) is 3.19. The van der Waals surface area contributed by atoms with Gasteiger partial charge in [0, 0.05) is 18.3 Å². The van der Waals surface area contributed by atoms with Gasteiger partial charge in [0.25, 0.3) is 0 Å². The molecular weight excluding hydrogens is 359 g/mol. The van der Waals surface area contributed by atoms with Gasteiger partial charge < -0.3 is 16.0 Å². The van der Waals surface area contributed by atoms with E-state index < -0.39 is 6.04 Å². The third-order valence-electron chi connectivity index (χ3n) is 3.84. The molecule has 0 spiro atoms. The van der Waals surface area contributed by atoms with E-state index in [9.17, 15) is 18.8 Å². The van der Waals surface area contributed by atoms with Crippen LogP contribution in [0, 0.1) is 5.82 Å². The molecule has 9 heteroatoms. The average Bonchev–Trinajstić information content (AvgIpc) is 3.23. The second-order valence-corrected chi connectivity index (χ2v) is 6.73. The number of hydrogen-bond donors (Lipinski definition) is 3. The predicted molar refractivity (Wildman–Crippen MR) is 93.9 cm³/mol. The molecule has 1 aromatic carbocycles. The number of rotatable bonds is 6. The molecule has 1 atom stereocenters. The number of anilines is 1. The van der Waals surface area contributed by atoms with Crippen LogP contribution >= 0.6 is 11.3 Å². The van der Waals surface area contributed by atoms with Gasteiger partial charge in [-0.25, -0.2) is 9.37 Å². The van der Waals surface area contributed by atoms with Crippen LogP contribution in [0.25, 0.3) is 0 Å². The summed E-state index contributed by atoms with van der Waals surface area (Å²) in [6.45, 7) is 0.300. The van der Waals surface area contributed by atoms with E-state index >= 15 is 0 Å². The summed E-state index contributed by atoms with van der Waals surface area (Å²) in [5.74, 6) is -0.991. The lowest BCUT2D eigenvalue weighted by molar-refractivity contribution is -0.122. The molecule has 0 unspecified atom stereocenters. The van der Waals surface area contributed by atoms with Crippen LogP contribution in [-0.2, 0) is 27.3 Å². The Bertz CT molecular complexity index is 822. The normalized spacial score (nSPS) is 16.2. The van der Waals surface area contributed by atoms with Crippen molar-refractivity contribution in [2.24, 2.45) is 0 Å². The molecule has 3 rings (SSSR count). The number of carbonyl (C=O) groups excluding carboxylic acids is 3. The van der Waals surface area contributed by atoms with Crippen LogP contribution in [0.4, 0.5) is 9.52 Å². The molecule has 1 saturated heterocycles. The summed E-state index contributed by atoms with van der Waals surface area (Å²) in [5, 5.41) is 10.1. The van der Waals surface area contributed by atoms with Gasteiger partial charge in [0.15, 0.2) is 5.13 Å². The third-order valence-corrected chi connectivity index (χ3v) is 4.64. The lowest BCUT2D eigenvalue weighted by atomic mass is 10.2. The molecule has 0 saturated carbocycles. The number of halogens is 1. The molecule has 2 aromatic rings. The zero-order chi connectivity index (χ0) is 18.5. The molecule has 2 heterocycles. The first-order chi connectivity index (χ1) is 12.5. The lowest BCUT2D eigenvalue weighted by Crippen LogP contribution is -2.37. The summed E-state index contributed by atoms with van der Waals surface area (Å²) in [6, 6.07) is 5.35. The molecule has 3 amide bonds. The molecule has 3 N–H and O–H groups in total. The summed E-state index contributed by atoms with van der Waals surface area (Å²) < 4.78 is 12.8. The first-order valence-corrected chi connectivity index (χ1v) is 8.93. The summed E-state index contributed by atoms with van der Waals surface area (Å²) in [6.07, 6.45) is 0.887. The Morgan fingerprint density at radius 2 is 2.08 bits per heavy atom. The number of carbonyl (C=O) groups is 3. The Balaban J connectivity index is 1.46. The lowest BCUT2D eigenvalue weighted by Gasteiger charge is -2.08. The molecule has 1 aromatic heterocycles. The standard InChI is InChI=1S/C17H17FN4O3S/c18-11-3-1-10(2-4-11)8-19-15(24)7-12-9-26-17(20-12)22-16(25)13-5-6-14(23)21-13/h1-4,9,13H,5-8H2,(H,19,24)(H,21,23)(H,20,22,25)/t13-/m0/s1. The van der Waals surface area contributed by atoms with Crippen molar-refractivity contribution in [3.8, 4) is 0 Å². The third kappa shape index (κ3) is 4.85. The van der Waals surface area contributed by atoms with E-state index in [2.05, 4.69) is 20.9 Å². The second-order valence-electron chi connectivity index (χ2n) is 5.87. The Labute approximate surface area is 153 Å². The van der Waals surface area contributed by atoms with Gasteiger partial charge in [0.1, 0.15) is 11.9 Å². The smallest absolute Gasteiger partial charge is 0.248 e. The SMILES string of the molecule is O=C(Cc1csc(NC(=O)[C@@H]2CCC(=O)N2)n1)NCc1ccc(F)cc1. The van der Waals surface area contributed by atoms with Crippen LogP contribution in [0.5, 0.6) is 0 Å². The molecule has 1 aliphatic rings. The van der Waals surface area contributed by atoms with Crippen LogP contribution in [0.15, 0.2) is 29.6 Å². The van der Waals surface area contributed by atoms with Gasteiger partial charge in [-0.2, -0.15) is 0 Å². The van der Waals surface area contributed by atoms with Crippen LogP contribution < -0.4 is 16.0 Å². The maximum absolute atomic E-state index is 12.8. The maximum atomic E-state index is 12.8. The van der Waals surface area contributed by atoms with Crippen LogP contribution in [0.3, 0.4) is 0 Å². The number of nitrogens with zero attached hydrogens (tertiary/aromatic N) is 1. The van der Waals surface area contributed by atoms with Gasteiger partial charge >= 0.3 is 0 Å². The van der Waals surface area contributed by atoms with E-state index in [1.807, 2.05) is 0 Å². The first kappa shape index (κ1) is 18.0. The highest BCUT2D eigenvalue weighted by Crippen LogP contribution is 2.17. The van der Waals surface area contributed by atoms with Crippen molar-refractivity contribution in [3.63, 3.8) is 0 Å². The number of benzene rings is 1. The summed E-state index contributed by atoms with van der Waals surface area (Å²) in [5.41, 5.74) is 1.34. The minimum absolute atomic E-state index is 0.0771. The molecule has 0 bridgehead atoms. The highest BCUT2D eigenvalue weighted by Gasteiger charge is 2.27. The van der Waals surface area contributed by atoms with Crippen molar-refractivity contribution in [1.82, 2.24) is 15.6 Å². The number of thiazole rings is 1. The highest BCUT2D eigenvalue weighted by atomic mass is 32.1. The molecule has 0 radical (unpaired) electrons. The van der Waals surface area contributed by atoms with Crippen molar-refractivity contribution in [2.45, 2.75) is 31.8 Å². The van der Waals surface area contributed by atoms with Gasteiger partial charge in [-0.1, -0.05) is 12.1 Å². The quantitative estimate of drug-likeness (QED) is 0.709. The number of aromatic nitrogens is 1. The van der Waals surface area contributed by atoms with E-state index in [0.717, 1.165) is 5.56 Å². The largest absolute Gasteiger partial charge is 0.352 e. The van der Waals surface area contributed by atoms with E-state index in [0.29, 0.717) is 30.2 Å². The van der Waals surface area contributed by atoms with Crippen molar-refractivity contribution >= 4 is 34.2 Å². The fraction of sp³-hybridized carbons (Fsp3) is 0.294. The highest BCUT2D eigenvalue weighted by molar-refractivity contribution is 7.13.